The summed E-state index contributed by atoms with van der Waals surface area (Å²) in [6, 6.07) is 12.2. The number of hydrogen-bond donors (Lipinski definition) is 1. The van der Waals surface area contributed by atoms with Crippen LogP contribution >= 0.6 is 11.3 Å². The second-order valence-corrected chi connectivity index (χ2v) is 8.01. The summed E-state index contributed by atoms with van der Waals surface area (Å²) in [7, 11) is 0. The summed E-state index contributed by atoms with van der Waals surface area (Å²) in [5.74, 6) is -2.22. The van der Waals surface area contributed by atoms with Crippen LogP contribution in [0.15, 0.2) is 60.5 Å². The molecular weight excluding hydrogens is 426 g/mol. The van der Waals surface area contributed by atoms with Crippen LogP contribution in [-0.2, 0) is 12.1 Å². The smallest absolute Gasteiger partial charge is 0.137 e. The molecule has 31 heavy (non-hydrogen) atoms. The van der Waals surface area contributed by atoms with Crippen LogP contribution in [0.1, 0.15) is 29.0 Å². The summed E-state index contributed by atoms with van der Waals surface area (Å²) in [6.45, 7) is 1.64. The van der Waals surface area contributed by atoms with Crippen LogP contribution in [0, 0.1) is 23.0 Å². The predicted octanol–water partition coefficient (Wildman–Crippen LogP) is 4.24. The van der Waals surface area contributed by atoms with Gasteiger partial charge in [0.05, 0.1) is 28.9 Å². The first-order valence-electron chi connectivity index (χ1n) is 9.37. The molecule has 0 saturated heterocycles. The van der Waals surface area contributed by atoms with Crippen molar-refractivity contribution in [3.63, 3.8) is 0 Å². The number of aromatic nitrogens is 4. The van der Waals surface area contributed by atoms with Gasteiger partial charge in [0.2, 0.25) is 0 Å². The molecule has 0 aliphatic rings. The SMILES string of the molecule is C[C@@H](c1nc(-[13c]2[13cH][13cH][13c](C#N)[13cH][13cH]2)cs1)[C@](O)(Cn1cncn1)c1ccc(F)cc1F. The maximum Gasteiger partial charge on any atom is 0.137 e. The van der Waals surface area contributed by atoms with Gasteiger partial charge < -0.3 is 5.11 Å². The van der Waals surface area contributed by atoms with Crippen LogP contribution in [0.4, 0.5) is 8.78 Å². The van der Waals surface area contributed by atoms with Crippen molar-refractivity contribution in [3.8, 4) is 17.3 Å². The van der Waals surface area contributed by atoms with Gasteiger partial charge >= 0.3 is 0 Å². The third kappa shape index (κ3) is 4.08. The van der Waals surface area contributed by atoms with E-state index in [1.54, 1.807) is 31.2 Å². The minimum atomic E-state index is -1.76. The molecule has 0 aliphatic carbocycles. The molecule has 2 aromatic carbocycles. The van der Waals surface area contributed by atoms with E-state index < -0.39 is 23.2 Å². The monoisotopic (exact) mass is 443 g/mol. The number of nitriles is 1. The van der Waals surface area contributed by atoms with E-state index in [1.807, 2.05) is 5.38 Å². The predicted molar refractivity (Wildman–Crippen MR) is 111 cm³/mol. The lowest BCUT2D eigenvalue weighted by Crippen LogP contribution is -2.38. The number of aliphatic hydroxyl groups is 1. The zero-order valence-corrected chi connectivity index (χ0v) is 17.2. The molecule has 4 rings (SSSR count). The number of nitrogens with zero attached hydrogens (tertiary/aromatic N) is 5. The van der Waals surface area contributed by atoms with Crippen molar-refractivity contribution in [3.05, 3.63) is 88.3 Å². The Hall–Kier alpha value is -3.48. The Morgan fingerprint density at radius 3 is 2.65 bits per heavy atom. The molecule has 0 radical (unpaired) electrons. The molecule has 2 atom stereocenters. The molecule has 0 spiro atoms. The summed E-state index contributed by atoms with van der Waals surface area (Å²) in [5.41, 5.74) is 0.236. The Morgan fingerprint density at radius 1 is 1.23 bits per heavy atom. The van der Waals surface area contributed by atoms with E-state index >= 15 is 0 Å². The summed E-state index contributed by atoms with van der Waals surface area (Å²) < 4.78 is 29.6. The van der Waals surface area contributed by atoms with Gasteiger partial charge in [-0.05, 0) is 18.2 Å². The molecule has 1 N–H and O–H groups in total. The highest BCUT2D eigenvalue weighted by Gasteiger charge is 2.41. The van der Waals surface area contributed by atoms with Crippen molar-refractivity contribution in [2.75, 3.05) is 0 Å². The minimum absolute atomic E-state index is 0.0491. The molecule has 9 heteroatoms. The number of rotatable bonds is 6. The van der Waals surface area contributed by atoms with Gasteiger partial charge in [0, 0.05) is 28.5 Å². The molecule has 0 amide bonds. The molecule has 2 heterocycles. The average molecular weight is 443 g/mol. The van der Waals surface area contributed by atoms with Gasteiger partial charge in [-0.15, -0.1) is 11.3 Å². The van der Waals surface area contributed by atoms with Gasteiger partial charge in [-0.3, -0.25) is 0 Å². The molecule has 4 aromatic rings. The zero-order valence-electron chi connectivity index (χ0n) is 16.4. The van der Waals surface area contributed by atoms with Gasteiger partial charge in [-0.1, -0.05) is 25.1 Å². The van der Waals surface area contributed by atoms with Crippen molar-refractivity contribution in [1.82, 2.24) is 19.7 Å². The van der Waals surface area contributed by atoms with Crippen LogP contribution < -0.4 is 0 Å². The summed E-state index contributed by atoms with van der Waals surface area (Å²) in [6.07, 6.45) is 2.74. The van der Waals surface area contributed by atoms with Gasteiger partial charge in [0.25, 0.3) is 0 Å². The van der Waals surface area contributed by atoms with E-state index in [4.69, 9.17) is 5.26 Å². The molecule has 0 bridgehead atoms. The standard InChI is InChI=1S/C22H17F2N5OS/c1-14(21-28-20(10-31-21)16-4-2-15(9-25)3-5-16)22(30,11-29-13-26-12-27-29)18-7-6-17(23)8-19(18)24/h2-8,10,12-14,30H,11H2,1H3/t14-,22+/m0/s1/i2+1,3+1,4+1,5+1,15+1,16+1. The van der Waals surface area contributed by atoms with E-state index in [9.17, 15) is 13.9 Å². The molecule has 0 saturated carbocycles. The number of halogens is 2. The van der Waals surface area contributed by atoms with Crippen molar-refractivity contribution >= 4 is 11.3 Å². The maximum atomic E-state index is 14.7. The average Bonchev–Trinajstić information content (AvgIpc) is 3.45. The van der Waals surface area contributed by atoms with Crippen molar-refractivity contribution in [2.24, 2.45) is 0 Å². The van der Waals surface area contributed by atoms with Gasteiger partial charge in [0.1, 0.15) is 29.9 Å². The van der Waals surface area contributed by atoms with E-state index in [0.29, 0.717) is 16.3 Å². The second kappa shape index (κ2) is 8.34. The molecule has 2 aromatic heterocycles. The first-order valence-corrected chi connectivity index (χ1v) is 10.2. The van der Waals surface area contributed by atoms with Crippen LogP contribution in [0.2, 0.25) is 0 Å². The molecule has 156 valence electrons. The van der Waals surface area contributed by atoms with Crippen LogP contribution in [0.25, 0.3) is 11.3 Å². The largest absolute Gasteiger partial charge is 0.382 e. The lowest BCUT2D eigenvalue weighted by atomic mass is 9.82. The van der Waals surface area contributed by atoms with Gasteiger partial charge in [-0.25, -0.2) is 23.4 Å². The van der Waals surface area contributed by atoms with Crippen molar-refractivity contribution in [2.45, 2.75) is 25.0 Å². The van der Waals surface area contributed by atoms with Crippen LogP contribution in [0.5, 0.6) is 0 Å². The highest BCUT2D eigenvalue weighted by atomic mass is 32.1. The Balaban J connectivity index is 1.73. The van der Waals surface area contributed by atoms with Gasteiger partial charge in [0.15, 0.2) is 0 Å². The van der Waals surface area contributed by atoms with Crippen molar-refractivity contribution in [1.29, 1.82) is 5.26 Å². The third-order valence-corrected chi connectivity index (χ3v) is 6.21. The van der Waals surface area contributed by atoms with E-state index in [2.05, 4.69) is 21.1 Å². The normalized spacial score (nSPS) is 14.0. The quantitative estimate of drug-likeness (QED) is 0.482. The Bertz CT molecular complexity index is 1230. The number of thiazole rings is 1. The lowest BCUT2D eigenvalue weighted by molar-refractivity contribution is -0.0112. The van der Waals surface area contributed by atoms with Crippen molar-refractivity contribution < 1.29 is 13.9 Å². The highest BCUT2D eigenvalue weighted by molar-refractivity contribution is 7.10. The third-order valence-electron chi connectivity index (χ3n) is 5.19. The van der Waals surface area contributed by atoms with E-state index in [0.717, 1.165) is 17.7 Å². The highest BCUT2D eigenvalue weighted by Crippen LogP contribution is 2.41. The van der Waals surface area contributed by atoms with Crippen LogP contribution in [0.3, 0.4) is 0 Å². The number of benzene rings is 2. The zero-order chi connectivity index (χ0) is 22.0. The summed E-state index contributed by atoms with van der Waals surface area (Å²) >= 11 is 1.33. The molecular formula is C22H17F2N5OS. The minimum Gasteiger partial charge on any atom is -0.382 e. The fourth-order valence-electron chi connectivity index (χ4n) is 3.40. The first-order chi connectivity index (χ1) is 14.9. The topological polar surface area (TPSA) is 87.6 Å². The molecule has 0 aliphatic heterocycles. The van der Waals surface area contributed by atoms with E-state index in [-0.39, 0.29) is 12.1 Å². The van der Waals surface area contributed by atoms with Gasteiger partial charge in [-0.2, -0.15) is 10.4 Å². The Labute approximate surface area is 181 Å². The summed E-state index contributed by atoms with van der Waals surface area (Å²) in [4.78, 5) is 8.52. The van der Waals surface area contributed by atoms with Crippen LogP contribution in [-0.4, -0.2) is 24.9 Å². The fraction of sp³-hybridized carbons (Fsp3) is 0.182. The first kappa shape index (κ1) is 20.8. The maximum absolute atomic E-state index is 14.7. The second-order valence-electron chi connectivity index (χ2n) is 7.12. The lowest BCUT2D eigenvalue weighted by Gasteiger charge is -2.33. The van der Waals surface area contributed by atoms with E-state index in [1.165, 1.54) is 34.7 Å². The molecule has 6 nitrogen and oxygen atoms in total. The molecule has 0 fully saturated rings. The molecule has 0 unspecified atom stereocenters. The Morgan fingerprint density at radius 2 is 2.00 bits per heavy atom. The number of hydrogen-bond acceptors (Lipinski definition) is 6. The Kier molecular flexibility index (Phi) is 5.59. The fourth-order valence-corrected chi connectivity index (χ4v) is 4.37. The summed E-state index contributed by atoms with van der Waals surface area (Å²) in [5, 5.41) is 27.1.